The number of halogens is 1. The van der Waals surface area contributed by atoms with Crippen LogP contribution in [0.15, 0.2) is 42.5 Å². The molecule has 2 aromatic carbocycles. The number of esters is 1. The van der Waals surface area contributed by atoms with Crippen molar-refractivity contribution in [1.82, 2.24) is 5.32 Å². The minimum atomic E-state index is -0.508. The maximum Gasteiger partial charge on any atom is 0.343 e. The summed E-state index contributed by atoms with van der Waals surface area (Å²) >= 11 is 5.83. The van der Waals surface area contributed by atoms with Gasteiger partial charge in [0.2, 0.25) is 0 Å². The van der Waals surface area contributed by atoms with Gasteiger partial charge in [0, 0.05) is 17.1 Å². The van der Waals surface area contributed by atoms with Crippen LogP contribution in [0.2, 0.25) is 5.02 Å². The van der Waals surface area contributed by atoms with Crippen LogP contribution in [0.1, 0.15) is 15.9 Å². The molecule has 1 N–H and O–H groups in total. The summed E-state index contributed by atoms with van der Waals surface area (Å²) in [5.74, 6) is -0.0650. The van der Waals surface area contributed by atoms with Gasteiger partial charge in [0.05, 0.1) is 14.2 Å². The van der Waals surface area contributed by atoms with Gasteiger partial charge in [-0.05, 0) is 35.9 Å². The predicted octanol–water partition coefficient (Wildman–Crippen LogP) is 2.83. The Bertz CT molecular complexity index is 746. The fourth-order valence-electron chi connectivity index (χ4n) is 2.01. The second kappa shape index (κ2) is 8.94. The van der Waals surface area contributed by atoms with Crippen LogP contribution in [-0.4, -0.2) is 32.7 Å². The summed E-state index contributed by atoms with van der Waals surface area (Å²) in [6.07, 6.45) is 0. The molecule has 2 aromatic rings. The molecule has 0 fully saturated rings. The molecule has 2 rings (SSSR count). The van der Waals surface area contributed by atoms with Crippen molar-refractivity contribution >= 4 is 23.5 Å². The highest BCUT2D eigenvalue weighted by molar-refractivity contribution is 6.30. The maximum atomic E-state index is 12.3. The summed E-state index contributed by atoms with van der Waals surface area (Å²) in [7, 11) is 2.73. The molecule has 0 aromatic heterocycles. The molecule has 0 atom stereocenters. The molecule has 0 aliphatic carbocycles. The lowest BCUT2D eigenvalue weighted by atomic mass is 10.1. The van der Waals surface area contributed by atoms with E-state index in [1.54, 1.807) is 30.3 Å². The van der Waals surface area contributed by atoms with Crippen LogP contribution in [-0.2, 0) is 16.1 Å². The summed E-state index contributed by atoms with van der Waals surface area (Å²) < 4.78 is 15.0. The fourth-order valence-corrected chi connectivity index (χ4v) is 2.14. The van der Waals surface area contributed by atoms with Gasteiger partial charge in [0.1, 0.15) is 0 Å². The molecule has 0 bridgehead atoms. The van der Waals surface area contributed by atoms with E-state index in [1.165, 1.54) is 14.2 Å². The molecule has 0 unspecified atom stereocenters. The van der Waals surface area contributed by atoms with E-state index in [9.17, 15) is 9.59 Å². The van der Waals surface area contributed by atoms with Crippen molar-refractivity contribution in [3.05, 3.63) is 58.6 Å². The molecular weight excluding hydrogens is 346 g/mol. The number of nitrogens with one attached hydrogen (secondary N) is 1. The zero-order valence-corrected chi connectivity index (χ0v) is 14.6. The Morgan fingerprint density at radius 3 is 2.40 bits per heavy atom. The first-order chi connectivity index (χ1) is 12.0. The van der Waals surface area contributed by atoms with Gasteiger partial charge in [-0.15, -0.1) is 0 Å². The van der Waals surface area contributed by atoms with Crippen molar-refractivity contribution in [2.24, 2.45) is 0 Å². The highest BCUT2D eigenvalue weighted by atomic mass is 35.5. The van der Waals surface area contributed by atoms with Crippen molar-refractivity contribution in [1.29, 1.82) is 0 Å². The molecule has 0 saturated heterocycles. The highest BCUT2D eigenvalue weighted by Crippen LogP contribution is 2.28. The second-order valence-electron chi connectivity index (χ2n) is 5.04. The van der Waals surface area contributed by atoms with E-state index >= 15 is 0 Å². The molecule has 132 valence electrons. The molecular formula is C18H18ClNO5. The number of amides is 1. The molecule has 6 nitrogen and oxygen atoms in total. The molecule has 25 heavy (non-hydrogen) atoms. The van der Waals surface area contributed by atoms with Crippen molar-refractivity contribution < 1.29 is 23.8 Å². The Hall–Kier alpha value is -2.73. The van der Waals surface area contributed by atoms with Crippen molar-refractivity contribution in [2.45, 2.75) is 6.54 Å². The Morgan fingerprint density at radius 2 is 1.76 bits per heavy atom. The van der Waals surface area contributed by atoms with Gasteiger partial charge in [-0.2, -0.15) is 0 Å². The van der Waals surface area contributed by atoms with E-state index in [2.05, 4.69) is 10.1 Å². The highest BCUT2D eigenvalue weighted by Gasteiger charge is 2.12. The Morgan fingerprint density at radius 1 is 1.04 bits per heavy atom. The topological polar surface area (TPSA) is 73.9 Å². The predicted molar refractivity (Wildman–Crippen MR) is 93.1 cm³/mol. The SMILES string of the molecule is COC(=O)COc1ccc(C(=O)NCc2ccc(Cl)cc2)cc1OC. The van der Waals surface area contributed by atoms with Gasteiger partial charge in [0.25, 0.3) is 5.91 Å². The first kappa shape index (κ1) is 18.6. The molecule has 0 aliphatic rings. The Kier molecular flexibility index (Phi) is 6.65. The largest absolute Gasteiger partial charge is 0.493 e. The van der Waals surface area contributed by atoms with E-state index < -0.39 is 5.97 Å². The van der Waals surface area contributed by atoms with Crippen molar-refractivity contribution in [2.75, 3.05) is 20.8 Å². The Labute approximate surface area is 150 Å². The zero-order valence-electron chi connectivity index (χ0n) is 13.9. The third-order valence-electron chi connectivity index (χ3n) is 3.37. The summed E-state index contributed by atoms with van der Waals surface area (Å²) in [4.78, 5) is 23.4. The zero-order chi connectivity index (χ0) is 18.2. The Balaban J connectivity index is 2.01. The van der Waals surface area contributed by atoms with Crippen LogP contribution in [0, 0.1) is 0 Å². The lowest BCUT2D eigenvalue weighted by molar-refractivity contribution is -0.142. The van der Waals surface area contributed by atoms with Crippen molar-refractivity contribution in [3.8, 4) is 11.5 Å². The summed E-state index contributed by atoms with van der Waals surface area (Å²) in [5, 5.41) is 3.45. The second-order valence-corrected chi connectivity index (χ2v) is 5.48. The van der Waals surface area contributed by atoms with Crippen LogP contribution >= 0.6 is 11.6 Å². The standard InChI is InChI=1S/C18H18ClNO5/c1-23-16-9-13(5-8-15(16)25-11-17(21)24-2)18(22)20-10-12-3-6-14(19)7-4-12/h3-9H,10-11H2,1-2H3,(H,20,22). The van der Waals surface area contributed by atoms with Gasteiger partial charge in [0.15, 0.2) is 18.1 Å². The van der Waals surface area contributed by atoms with E-state index in [0.29, 0.717) is 28.6 Å². The quantitative estimate of drug-likeness (QED) is 0.766. The minimum absolute atomic E-state index is 0.241. The maximum absolute atomic E-state index is 12.3. The molecule has 0 saturated carbocycles. The van der Waals surface area contributed by atoms with Crippen LogP contribution in [0.5, 0.6) is 11.5 Å². The number of benzene rings is 2. The monoisotopic (exact) mass is 363 g/mol. The van der Waals surface area contributed by atoms with Crippen LogP contribution in [0.25, 0.3) is 0 Å². The first-order valence-electron chi connectivity index (χ1n) is 7.43. The lowest BCUT2D eigenvalue weighted by Crippen LogP contribution is -2.22. The lowest BCUT2D eigenvalue weighted by Gasteiger charge is -2.12. The van der Waals surface area contributed by atoms with Gasteiger partial charge >= 0.3 is 5.97 Å². The first-order valence-corrected chi connectivity index (χ1v) is 7.81. The molecule has 7 heteroatoms. The number of carbonyl (C=O) groups excluding carboxylic acids is 2. The average Bonchev–Trinajstić information content (AvgIpc) is 2.65. The minimum Gasteiger partial charge on any atom is -0.493 e. The van der Waals surface area contributed by atoms with Gasteiger partial charge in [-0.25, -0.2) is 4.79 Å². The number of methoxy groups -OCH3 is 2. The molecule has 0 spiro atoms. The average molecular weight is 364 g/mol. The van der Waals surface area contributed by atoms with Gasteiger partial charge in [-0.1, -0.05) is 23.7 Å². The summed E-state index contributed by atoms with van der Waals surface area (Å²) in [6.45, 7) is 0.133. The number of hydrogen-bond donors (Lipinski definition) is 1. The normalized spacial score (nSPS) is 10.0. The van der Waals surface area contributed by atoms with E-state index in [0.717, 1.165) is 5.56 Å². The fraction of sp³-hybridized carbons (Fsp3) is 0.222. The summed E-state index contributed by atoms with van der Waals surface area (Å²) in [5.41, 5.74) is 1.35. The molecule has 0 radical (unpaired) electrons. The van der Waals surface area contributed by atoms with Crippen LogP contribution in [0.3, 0.4) is 0 Å². The van der Waals surface area contributed by atoms with E-state index in [-0.39, 0.29) is 12.5 Å². The third-order valence-corrected chi connectivity index (χ3v) is 3.62. The van der Waals surface area contributed by atoms with Crippen molar-refractivity contribution in [3.63, 3.8) is 0 Å². The van der Waals surface area contributed by atoms with E-state index in [4.69, 9.17) is 21.1 Å². The summed E-state index contributed by atoms with van der Waals surface area (Å²) in [6, 6.07) is 11.9. The molecule has 0 aliphatic heterocycles. The van der Waals surface area contributed by atoms with E-state index in [1.807, 2.05) is 12.1 Å². The van der Waals surface area contributed by atoms with Gasteiger partial charge < -0.3 is 19.5 Å². The van der Waals surface area contributed by atoms with Gasteiger partial charge in [-0.3, -0.25) is 4.79 Å². The number of ether oxygens (including phenoxy) is 3. The third kappa shape index (κ3) is 5.39. The number of carbonyl (C=O) groups is 2. The number of hydrogen-bond acceptors (Lipinski definition) is 5. The number of rotatable bonds is 7. The molecule has 0 heterocycles. The van der Waals surface area contributed by atoms with Crippen LogP contribution < -0.4 is 14.8 Å². The molecule has 1 amide bonds. The van der Waals surface area contributed by atoms with Crippen LogP contribution in [0.4, 0.5) is 0 Å². The smallest absolute Gasteiger partial charge is 0.343 e.